The summed E-state index contributed by atoms with van der Waals surface area (Å²) in [6.07, 6.45) is 7.32. The molecule has 1 N–H and O–H groups in total. The van der Waals surface area contributed by atoms with Crippen LogP contribution >= 0.6 is 0 Å². The van der Waals surface area contributed by atoms with Crippen LogP contribution in [-0.4, -0.2) is 35.8 Å². The number of hydrogen-bond donors (Lipinski definition) is 1. The topological polar surface area (TPSA) is 66.1 Å². The summed E-state index contributed by atoms with van der Waals surface area (Å²) in [4.78, 5) is 7.42. The van der Waals surface area contributed by atoms with Gasteiger partial charge in [0.2, 0.25) is 10.0 Å². The van der Waals surface area contributed by atoms with E-state index in [0.717, 1.165) is 25.7 Å². The van der Waals surface area contributed by atoms with Crippen LogP contribution in [-0.2, 0) is 10.0 Å². The summed E-state index contributed by atoms with van der Waals surface area (Å²) < 4.78 is 27.0. The Morgan fingerprint density at radius 2 is 1.89 bits per heavy atom. The van der Waals surface area contributed by atoms with Crippen LogP contribution in [0.5, 0.6) is 0 Å². The van der Waals surface area contributed by atoms with Crippen LogP contribution in [0.2, 0.25) is 0 Å². The number of rotatable bonds is 2. The van der Waals surface area contributed by atoms with E-state index >= 15 is 0 Å². The van der Waals surface area contributed by atoms with E-state index in [1.165, 1.54) is 0 Å². The maximum Gasteiger partial charge on any atom is 0.245 e. The van der Waals surface area contributed by atoms with Gasteiger partial charge >= 0.3 is 0 Å². The van der Waals surface area contributed by atoms with Crippen molar-refractivity contribution >= 4 is 21.1 Å². The van der Waals surface area contributed by atoms with Crippen molar-refractivity contribution in [3.8, 4) is 0 Å². The number of pyridine rings is 1. The highest BCUT2D eigenvalue weighted by atomic mass is 32.2. The van der Waals surface area contributed by atoms with Gasteiger partial charge in [-0.1, -0.05) is 12.8 Å². The molecule has 3 rings (SSSR count). The molecule has 1 aliphatic heterocycles. The molecule has 0 unspecified atom stereocenters. The van der Waals surface area contributed by atoms with E-state index in [-0.39, 0.29) is 0 Å². The van der Waals surface area contributed by atoms with E-state index in [1.54, 1.807) is 28.8 Å². The van der Waals surface area contributed by atoms with Gasteiger partial charge in [0.15, 0.2) is 0 Å². The molecule has 1 aliphatic rings. The highest BCUT2D eigenvalue weighted by Gasteiger charge is 2.27. The summed E-state index contributed by atoms with van der Waals surface area (Å²) in [6.45, 7) is 1.24. The van der Waals surface area contributed by atoms with Crippen LogP contribution in [0.25, 0.3) is 11.0 Å². The highest BCUT2D eigenvalue weighted by Crippen LogP contribution is 2.26. The molecule has 0 aromatic carbocycles. The molecule has 1 fully saturated rings. The van der Waals surface area contributed by atoms with E-state index in [4.69, 9.17) is 0 Å². The Kier molecular flexibility index (Phi) is 3.28. The van der Waals surface area contributed by atoms with Crippen molar-refractivity contribution in [1.82, 2.24) is 14.3 Å². The zero-order valence-corrected chi connectivity index (χ0v) is 11.5. The van der Waals surface area contributed by atoms with Crippen LogP contribution in [0.3, 0.4) is 0 Å². The van der Waals surface area contributed by atoms with Crippen LogP contribution < -0.4 is 0 Å². The number of H-pyrrole nitrogens is 1. The van der Waals surface area contributed by atoms with Crippen LogP contribution in [0.15, 0.2) is 29.4 Å². The van der Waals surface area contributed by atoms with Gasteiger partial charge in [-0.15, -0.1) is 0 Å². The first-order chi connectivity index (χ1) is 9.19. The number of nitrogens with zero attached hydrogens (tertiary/aromatic N) is 2. The van der Waals surface area contributed by atoms with E-state index < -0.39 is 10.0 Å². The lowest BCUT2D eigenvalue weighted by Crippen LogP contribution is -2.31. The maximum atomic E-state index is 12.7. The molecule has 0 bridgehead atoms. The smallest absolute Gasteiger partial charge is 0.245 e. The third-order valence-electron chi connectivity index (χ3n) is 3.60. The van der Waals surface area contributed by atoms with Crippen LogP contribution in [0.1, 0.15) is 25.7 Å². The molecule has 2 aromatic rings. The lowest BCUT2D eigenvalue weighted by Gasteiger charge is -2.19. The standard InChI is InChI=1S/C13H17N3O2S/c17-19(18,16-8-3-1-2-4-9-16)12-10-15-13-11(12)6-5-7-14-13/h5-7,10H,1-4,8-9H2,(H,14,15). The minimum absolute atomic E-state index is 0.345. The second-order valence-electron chi connectivity index (χ2n) is 4.87. The largest absolute Gasteiger partial charge is 0.345 e. The Bertz CT molecular complexity index is 670. The Hall–Kier alpha value is -1.40. The number of aromatic amines is 1. The van der Waals surface area contributed by atoms with Crippen LogP contribution in [0, 0.1) is 0 Å². The Balaban J connectivity index is 2.03. The van der Waals surface area contributed by atoms with Gasteiger partial charge in [0.25, 0.3) is 0 Å². The van der Waals surface area contributed by atoms with Crippen molar-refractivity contribution in [2.45, 2.75) is 30.6 Å². The predicted octanol–water partition coefficient (Wildman–Crippen LogP) is 2.13. The molecule has 0 spiro atoms. The van der Waals surface area contributed by atoms with Gasteiger partial charge in [-0.25, -0.2) is 13.4 Å². The van der Waals surface area contributed by atoms with Crippen molar-refractivity contribution in [1.29, 1.82) is 0 Å². The second kappa shape index (κ2) is 4.94. The van der Waals surface area contributed by atoms with Gasteiger partial charge in [-0.05, 0) is 25.0 Å². The number of hydrogen-bond acceptors (Lipinski definition) is 3. The summed E-state index contributed by atoms with van der Waals surface area (Å²) in [5, 5.41) is 0.673. The molecule has 0 amide bonds. The van der Waals surface area contributed by atoms with Gasteiger partial charge in [0.05, 0.1) is 0 Å². The second-order valence-corrected chi connectivity index (χ2v) is 6.78. The SMILES string of the molecule is O=S(=O)(c1c[nH]c2ncccc12)N1CCCCCC1. The zero-order chi connectivity index (χ0) is 13.3. The van der Waals surface area contributed by atoms with Crippen molar-refractivity contribution < 1.29 is 8.42 Å². The summed E-state index contributed by atoms with van der Waals surface area (Å²) in [5.74, 6) is 0. The number of aromatic nitrogens is 2. The lowest BCUT2D eigenvalue weighted by atomic mass is 10.2. The van der Waals surface area contributed by atoms with Gasteiger partial charge < -0.3 is 4.98 Å². The molecular weight excluding hydrogens is 262 g/mol. The van der Waals surface area contributed by atoms with E-state index in [1.807, 2.05) is 0 Å². The highest BCUT2D eigenvalue weighted by molar-refractivity contribution is 7.89. The Morgan fingerprint density at radius 1 is 1.16 bits per heavy atom. The number of sulfonamides is 1. The van der Waals surface area contributed by atoms with E-state index in [0.29, 0.717) is 29.0 Å². The molecular formula is C13H17N3O2S. The maximum absolute atomic E-state index is 12.7. The molecule has 6 heteroatoms. The molecule has 0 saturated carbocycles. The molecule has 0 atom stereocenters. The van der Waals surface area contributed by atoms with Crippen LogP contribution in [0.4, 0.5) is 0 Å². The monoisotopic (exact) mass is 279 g/mol. The normalized spacial score (nSPS) is 18.5. The molecule has 0 aliphatic carbocycles. The van der Waals surface area contributed by atoms with Gasteiger partial charge in [-0.3, -0.25) is 0 Å². The van der Waals surface area contributed by atoms with Gasteiger partial charge in [0, 0.05) is 30.9 Å². The summed E-state index contributed by atoms with van der Waals surface area (Å²) in [5.41, 5.74) is 0.621. The van der Waals surface area contributed by atoms with Crippen molar-refractivity contribution in [3.63, 3.8) is 0 Å². The first-order valence-electron chi connectivity index (χ1n) is 6.62. The predicted molar refractivity (Wildman–Crippen MR) is 73.3 cm³/mol. The fraction of sp³-hybridized carbons (Fsp3) is 0.462. The number of fused-ring (bicyclic) bond motifs is 1. The minimum Gasteiger partial charge on any atom is -0.345 e. The number of nitrogens with one attached hydrogen (secondary N) is 1. The zero-order valence-electron chi connectivity index (χ0n) is 10.7. The summed E-state index contributed by atoms with van der Waals surface area (Å²) in [7, 11) is -3.41. The molecule has 102 valence electrons. The van der Waals surface area contributed by atoms with Gasteiger partial charge in [-0.2, -0.15) is 4.31 Å². The molecule has 19 heavy (non-hydrogen) atoms. The van der Waals surface area contributed by atoms with Gasteiger partial charge in [0.1, 0.15) is 10.5 Å². The summed E-state index contributed by atoms with van der Waals surface area (Å²) >= 11 is 0. The van der Waals surface area contributed by atoms with Crippen molar-refractivity contribution in [2.75, 3.05) is 13.1 Å². The third-order valence-corrected chi connectivity index (χ3v) is 5.53. The lowest BCUT2D eigenvalue weighted by molar-refractivity contribution is 0.424. The quantitative estimate of drug-likeness (QED) is 0.915. The molecule has 3 heterocycles. The van der Waals surface area contributed by atoms with E-state index in [2.05, 4.69) is 9.97 Å². The van der Waals surface area contributed by atoms with Crippen molar-refractivity contribution in [3.05, 3.63) is 24.5 Å². The first kappa shape index (κ1) is 12.6. The Labute approximate surface area is 112 Å². The fourth-order valence-electron chi connectivity index (χ4n) is 2.57. The molecule has 1 saturated heterocycles. The fourth-order valence-corrected chi connectivity index (χ4v) is 4.23. The third kappa shape index (κ3) is 2.26. The first-order valence-corrected chi connectivity index (χ1v) is 8.06. The average molecular weight is 279 g/mol. The molecule has 0 radical (unpaired) electrons. The summed E-state index contributed by atoms with van der Waals surface area (Å²) in [6, 6.07) is 3.56. The molecule has 2 aromatic heterocycles. The van der Waals surface area contributed by atoms with E-state index in [9.17, 15) is 8.42 Å². The molecule has 5 nitrogen and oxygen atoms in total. The average Bonchev–Trinajstić information content (AvgIpc) is 2.65. The minimum atomic E-state index is -3.41. The van der Waals surface area contributed by atoms with Crippen molar-refractivity contribution in [2.24, 2.45) is 0 Å². The Morgan fingerprint density at radius 3 is 2.63 bits per heavy atom.